The lowest BCUT2D eigenvalue weighted by Gasteiger charge is -1.20. The van der Waals surface area contributed by atoms with Crippen LogP contribution in [-0.4, -0.2) is 0 Å². The summed E-state index contributed by atoms with van der Waals surface area (Å²) in [6.07, 6.45) is 0. The second-order valence-electron chi connectivity index (χ2n) is 0.0690. The van der Waals surface area contributed by atoms with E-state index in [0.717, 1.165) is 0 Å². The van der Waals surface area contributed by atoms with Gasteiger partial charge in [0.1, 0.15) is 0 Å². The topological polar surface area (TPSA) is 29.4 Å². The smallest absolute Gasteiger partial charge is 0.0835 e. The first-order valence-electron chi connectivity index (χ1n) is 0.352. The van der Waals surface area contributed by atoms with Crippen molar-refractivity contribution < 1.29 is 4.70 Å². The second-order valence-corrected chi connectivity index (χ2v) is 0.207. The molecule has 0 fully saturated rings. The van der Waals surface area contributed by atoms with E-state index in [1.54, 1.807) is 4.70 Å². The van der Waals surface area contributed by atoms with Crippen LogP contribution in [0.2, 0.25) is 0 Å². The van der Waals surface area contributed by atoms with Gasteiger partial charge >= 0.3 is 0 Å². The fourth-order valence-electron chi connectivity index (χ4n) is 0. The molecule has 0 aliphatic rings. The van der Waals surface area contributed by atoms with Crippen LogP contribution in [0.3, 0.4) is 0 Å². The van der Waals surface area contributed by atoms with Crippen molar-refractivity contribution in [1.82, 2.24) is 0 Å². The Morgan fingerprint density at radius 3 is 1.75 bits per heavy atom. The average Bonchev–Trinajstić information content (AvgIpc) is 0.918. The molecule has 0 atom stereocenters. The van der Waals surface area contributed by atoms with Crippen molar-refractivity contribution in [3.8, 4) is 0 Å². The van der Waals surface area contributed by atoms with Crippen LogP contribution in [-0.2, 0) is 0 Å². The Morgan fingerprint density at radius 2 is 1.75 bits per heavy atom. The van der Waals surface area contributed by atoms with Gasteiger partial charge in [0.25, 0.3) is 0 Å². The van der Waals surface area contributed by atoms with Gasteiger partial charge in [-0.3, -0.25) is 4.70 Å². The lowest BCUT2D eigenvalue weighted by Crippen LogP contribution is -0.941. The van der Waals surface area contributed by atoms with E-state index in [-0.39, 0.29) is 4.70 Å². The van der Waals surface area contributed by atoms with Gasteiger partial charge in [-0.05, 0) is 0 Å². The van der Waals surface area contributed by atoms with Crippen molar-refractivity contribution in [1.29, 1.82) is 0 Å². The van der Waals surface area contributed by atoms with E-state index < -0.39 is 0 Å². The third-order valence-electron chi connectivity index (χ3n) is 0. The van der Waals surface area contributed by atoms with Crippen LogP contribution in [0.5, 0.6) is 0 Å². The summed E-state index contributed by atoms with van der Waals surface area (Å²) >= 11 is 4.07. The van der Waals surface area contributed by atoms with E-state index in [9.17, 15) is 0 Å². The van der Waals surface area contributed by atoms with Crippen LogP contribution >= 0.6 is 11.8 Å². The quantitative estimate of drug-likeness (QED) is 0.405. The second kappa shape index (κ2) is 13.9. The van der Waals surface area contributed by atoms with Gasteiger partial charge in [-0.2, -0.15) is 0 Å². The molecule has 2 nitrogen and oxygen atoms in total. The molecule has 0 aliphatic carbocycles. The summed E-state index contributed by atoms with van der Waals surface area (Å²) in [5.74, 6) is 0. The van der Waals surface area contributed by atoms with Crippen LogP contribution in [0.4, 0.5) is 4.70 Å². The zero-order valence-electron chi connectivity index (χ0n) is 1.64. The molecular weight excluding hydrogens is 84.5 g/mol. The normalized spacial score (nSPS) is 3.25. The van der Waals surface area contributed by atoms with Gasteiger partial charge in [0.15, 0.2) is 0 Å². The SMILES string of the molecule is F.O=NCl. The van der Waals surface area contributed by atoms with E-state index in [1.807, 2.05) is 0 Å². The van der Waals surface area contributed by atoms with Gasteiger partial charge in [-0.25, -0.2) is 0 Å². The molecule has 0 radical (unpaired) electrons. The summed E-state index contributed by atoms with van der Waals surface area (Å²) in [4.78, 5) is 8.32. The fraction of sp³-hybridized carbons (Fsp3) is 0. The minimum absolute atomic E-state index is 0. The van der Waals surface area contributed by atoms with Crippen molar-refractivity contribution in [2.24, 2.45) is 4.70 Å². The van der Waals surface area contributed by atoms with Crippen LogP contribution < -0.4 is 0 Å². The largest absolute Gasteiger partial charge is 0.269 e. The Bertz CT molecular complexity index is 15.5. The Labute approximate surface area is 27.2 Å². The molecule has 4 heteroatoms. The van der Waals surface area contributed by atoms with Crippen LogP contribution in [0.15, 0.2) is 4.70 Å². The summed E-state index contributed by atoms with van der Waals surface area (Å²) in [6.45, 7) is 0. The minimum Gasteiger partial charge on any atom is -0.269 e. The molecule has 0 rings (SSSR count). The molecule has 0 aromatic carbocycles. The van der Waals surface area contributed by atoms with Crippen LogP contribution in [0.25, 0.3) is 0 Å². The predicted octanol–water partition coefficient (Wildman–Crippen LogP) is 1.06. The summed E-state index contributed by atoms with van der Waals surface area (Å²) < 4.78 is 1.72. The number of nitrogens with zero attached hydrogens (tertiary/aromatic N) is 1. The lowest BCUT2D eigenvalue weighted by atomic mass is 13.7. The Morgan fingerprint density at radius 1 is 1.75 bits per heavy atom. The molecule has 0 aromatic heterocycles. The number of rotatable bonds is 0. The Hall–Kier alpha value is -0.180. The van der Waals surface area contributed by atoms with Gasteiger partial charge in [0, 0.05) is 4.70 Å². The summed E-state index contributed by atoms with van der Waals surface area (Å²) in [7, 11) is 0. The van der Waals surface area contributed by atoms with Crippen LogP contribution in [0, 0.1) is 4.91 Å². The molecule has 0 aromatic rings. The molecule has 0 saturated heterocycles. The Kier molecular flexibility index (Phi) is 31.9. The van der Waals surface area contributed by atoms with Crippen LogP contribution in [0.1, 0.15) is 0 Å². The first-order chi connectivity index (χ1) is 1.41. The summed E-state index contributed by atoms with van der Waals surface area (Å²) in [6, 6.07) is 0. The summed E-state index contributed by atoms with van der Waals surface area (Å²) in [5.41, 5.74) is 0. The minimum atomic E-state index is 0. The first-order valence-corrected chi connectivity index (χ1v) is 0.690. The van der Waals surface area contributed by atoms with Gasteiger partial charge < -0.3 is 0 Å². The maximum absolute atomic E-state index is 8.32. The average molecular weight is 85.5 g/mol. The Balaban J connectivity index is 0. The maximum Gasteiger partial charge on any atom is 0.0835 e. The molecule has 26 valence electrons. The van der Waals surface area contributed by atoms with E-state index in [1.165, 1.54) is 0 Å². The first kappa shape index (κ1) is 9.17. The number of nitroso groups, excluding NO2 is 1. The molecule has 4 heavy (non-hydrogen) atoms. The molecule has 0 bridgehead atoms. The van der Waals surface area contributed by atoms with Crippen molar-refractivity contribution >= 4 is 11.8 Å². The molecule has 0 amide bonds. The third-order valence-corrected chi connectivity index (χ3v) is 0. The summed E-state index contributed by atoms with van der Waals surface area (Å²) in [5, 5.41) is 0. The molecule has 0 heterocycles. The highest BCUT2D eigenvalue weighted by Crippen LogP contribution is 1.60. The van der Waals surface area contributed by atoms with Gasteiger partial charge in [0.05, 0.1) is 11.8 Å². The fourth-order valence-corrected chi connectivity index (χ4v) is 0. The molecule has 0 N–H and O–H groups in total. The molecule has 0 unspecified atom stereocenters. The van der Waals surface area contributed by atoms with Crippen molar-refractivity contribution in [3.05, 3.63) is 4.91 Å². The highest BCUT2D eigenvalue weighted by atomic mass is 35.5. The lowest BCUT2D eigenvalue weighted by molar-refractivity contribution is 1.11. The zero-order chi connectivity index (χ0) is 2.71. The molecule has 0 aliphatic heterocycles. The van der Waals surface area contributed by atoms with Gasteiger partial charge in [0.2, 0.25) is 0 Å². The van der Waals surface area contributed by atoms with Crippen molar-refractivity contribution in [2.75, 3.05) is 0 Å². The van der Waals surface area contributed by atoms with Gasteiger partial charge in [-0.15, -0.1) is 4.91 Å². The molecular formula is HClFNO. The predicted molar refractivity (Wildman–Crippen MR) is 14.2 cm³/mol. The third kappa shape index (κ3) is 37.8. The van der Waals surface area contributed by atoms with E-state index >= 15 is 0 Å². The zero-order valence-corrected chi connectivity index (χ0v) is 2.40. The number of halogens is 2. The molecule has 0 saturated carbocycles. The van der Waals surface area contributed by atoms with E-state index in [2.05, 4.69) is 11.8 Å². The highest BCUT2D eigenvalue weighted by molar-refractivity contribution is 6.14. The van der Waals surface area contributed by atoms with Crippen molar-refractivity contribution in [3.63, 3.8) is 0 Å². The maximum atomic E-state index is 8.32. The van der Waals surface area contributed by atoms with E-state index in [4.69, 9.17) is 4.91 Å². The van der Waals surface area contributed by atoms with E-state index in [0.29, 0.717) is 0 Å². The monoisotopic (exact) mass is 85.0 g/mol. The number of hydrogen-bond donors (Lipinski definition) is 0. The van der Waals surface area contributed by atoms with Crippen molar-refractivity contribution in [2.45, 2.75) is 0 Å². The number of hydrogen-bond acceptors (Lipinski definition) is 2. The molecule has 0 spiro atoms. The van der Waals surface area contributed by atoms with Gasteiger partial charge in [-0.1, -0.05) is 0 Å². The highest BCUT2D eigenvalue weighted by Gasteiger charge is 1.26. The standard InChI is InChI=1S/ClNO.FH/c1-2-3;/h;1H.